The lowest BCUT2D eigenvalue weighted by Gasteiger charge is -2.06. The zero-order chi connectivity index (χ0) is 9.97. The van der Waals surface area contributed by atoms with Gasteiger partial charge in [0.1, 0.15) is 12.1 Å². The van der Waals surface area contributed by atoms with E-state index in [4.69, 9.17) is 11.5 Å². The summed E-state index contributed by atoms with van der Waals surface area (Å²) in [5.74, 6) is 0.443. The van der Waals surface area contributed by atoms with E-state index in [0.717, 1.165) is 11.1 Å². The maximum Gasteiger partial charge on any atom is 0.134 e. The van der Waals surface area contributed by atoms with Gasteiger partial charge in [-0.25, -0.2) is 9.97 Å². The highest BCUT2D eigenvalue weighted by molar-refractivity contribution is 5.81. The SMILES string of the molecule is Nc1ccccc1-c1cncnc1N. The lowest BCUT2D eigenvalue weighted by atomic mass is 10.1. The fourth-order valence-electron chi connectivity index (χ4n) is 1.29. The highest BCUT2D eigenvalue weighted by atomic mass is 14.9. The van der Waals surface area contributed by atoms with Crippen LogP contribution in [0.3, 0.4) is 0 Å². The zero-order valence-electron chi connectivity index (χ0n) is 7.51. The van der Waals surface area contributed by atoms with Crippen molar-refractivity contribution < 1.29 is 0 Å². The molecule has 0 spiro atoms. The molecule has 0 saturated carbocycles. The van der Waals surface area contributed by atoms with E-state index < -0.39 is 0 Å². The minimum Gasteiger partial charge on any atom is -0.398 e. The lowest BCUT2D eigenvalue weighted by molar-refractivity contribution is 1.18. The second-order valence-corrected chi connectivity index (χ2v) is 2.91. The maximum absolute atomic E-state index is 5.81. The molecule has 70 valence electrons. The maximum atomic E-state index is 5.81. The molecule has 4 nitrogen and oxygen atoms in total. The van der Waals surface area contributed by atoms with Gasteiger partial charge in [-0.15, -0.1) is 0 Å². The van der Waals surface area contributed by atoms with E-state index in [1.807, 2.05) is 24.3 Å². The highest BCUT2D eigenvalue weighted by Crippen LogP contribution is 2.27. The summed E-state index contributed by atoms with van der Waals surface area (Å²) in [5.41, 5.74) is 13.8. The van der Waals surface area contributed by atoms with Crippen molar-refractivity contribution in [3.8, 4) is 11.1 Å². The fourth-order valence-corrected chi connectivity index (χ4v) is 1.29. The summed E-state index contributed by atoms with van der Waals surface area (Å²) < 4.78 is 0. The number of nitrogens with zero attached hydrogens (tertiary/aromatic N) is 2. The van der Waals surface area contributed by atoms with E-state index in [9.17, 15) is 0 Å². The van der Waals surface area contributed by atoms with Crippen molar-refractivity contribution >= 4 is 11.5 Å². The van der Waals surface area contributed by atoms with Crippen LogP contribution in [-0.2, 0) is 0 Å². The minimum absolute atomic E-state index is 0.443. The van der Waals surface area contributed by atoms with Crippen molar-refractivity contribution in [1.29, 1.82) is 0 Å². The first kappa shape index (κ1) is 8.50. The summed E-state index contributed by atoms with van der Waals surface area (Å²) in [7, 11) is 0. The Hall–Kier alpha value is -2.10. The van der Waals surface area contributed by atoms with Gasteiger partial charge in [0, 0.05) is 23.0 Å². The van der Waals surface area contributed by atoms with Gasteiger partial charge in [0.25, 0.3) is 0 Å². The van der Waals surface area contributed by atoms with Gasteiger partial charge < -0.3 is 11.5 Å². The molecule has 2 aromatic rings. The first-order valence-corrected chi connectivity index (χ1v) is 4.19. The van der Waals surface area contributed by atoms with E-state index in [-0.39, 0.29) is 0 Å². The van der Waals surface area contributed by atoms with E-state index in [2.05, 4.69) is 9.97 Å². The van der Waals surface area contributed by atoms with Crippen LogP contribution in [0.5, 0.6) is 0 Å². The smallest absolute Gasteiger partial charge is 0.134 e. The molecule has 14 heavy (non-hydrogen) atoms. The highest BCUT2D eigenvalue weighted by Gasteiger charge is 2.05. The Morgan fingerprint density at radius 3 is 2.50 bits per heavy atom. The molecule has 0 amide bonds. The van der Waals surface area contributed by atoms with Crippen molar-refractivity contribution in [3.05, 3.63) is 36.8 Å². The molecule has 0 bridgehead atoms. The van der Waals surface area contributed by atoms with Gasteiger partial charge in [-0.3, -0.25) is 0 Å². The summed E-state index contributed by atoms with van der Waals surface area (Å²) >= 11 is 0. The summed E-state index contributed by atoms with van der Waals surface area (Å²) in [6, 6.07) is 7.49. The van der Waals surface area contributed by atoms with Gasteiger partial charge in [-0.1, -0.05) is 18.2 Å². The monoisotopic (exact) mass is 186 g/mol. The Kier molecular flexibility index (Phi) is 2.02. The van der Waals surface area contributed by atoms with Gasteiger partial charge in [0.2, 0.25) is 0 Å². The first-order valence-electron chi connectivity index (χ1n) is 4.19. The van der Waals surface area contributed by atoms with Crippen molar-refractivity contribution in [2.24, 2.45) is 0 Å². The Labute approximate surface area is 81.6 Å². The molecule has 4 heteroatoms. The van der Waals surface area contributed by atoms with Crippen LogP contribution in [0.15, 0.2) is 36.8 Å². The Morgan fingerprint density at radius 1 is 1.00 bits per heavy atom. The number of anilines is 2. The third-order valence-electron chi connectivity index (χ3n) is 1.99. The quantitative estimate of drug-likeness (QED) is 0.658. The van der Waals surface area contributed by atoms with Crippen LogP contribution in [-0.4, -0.2) is 9.97 Å². The van der Waals surface area contributed by atoms with E-state index in [1.165, 1.54) is 6.33 Å². The molecular formula is C10H10N4. The molecule has 1 aromatic heterocycles. The number of nitrogen functional groups attached to an aromatic ring is 2. The van der Waals surface area contributed by atoms with Gasteiger partial charge in [-0.2, -0.15) is 0 Å². The predicted molar refractivity (Wildman–Crippen MR) is 56.3 cm³/mol. The molecule has 1 heterocycles. The molecule has 0 aliphatic carbocycles. The van der Waals surface area contributed by atoms with Crippen LogP contribution >= 0.6 is 0 Å². The Bertz CT molecular complexity index is 410. The van der Waals surface area contributed by atoms with Crippen molar-refractivity contribution in [2.75, 3.05) is 11.5 Å². The normalized spacial score (nSPS) is 10.0. The lowest BCUT2D eigenvalue weighted by Crippen LogP contribution is -1.97. The Balaban J connectivity index is 2.61. The average molecular weight is 186 g/mol. The van der Waals surface area contributed by atoms with Gasteiger partial charge >= 0.3 is 0 Å². The van der Waals surface area contributed by atoms with Gasteiger partial charge in [-0.05, 0) is 6.07 Å². The number of rotatable bonds is 1. The van der Waals surface area contributed by atoms with Gasteiger partial charge in [0.05, 0.1) is 0 Å². The summed E-state index contributed by atoms with van der Waals surface area (Å²) in [6.45, 7) is 0. The van der Waals surface area contributed by atoms with E-state index in [0.29, 0.717) is 11.5 Å². The predicted octanol–water partition coefficient (Wildman–Crippen LogP) is 1.31. The molecule has 0 aliphatic rings. The number of para-hydroxylation sites is 1. The van der Waals surface area contributed by atoms with E-state index in [1.54, 1.807) is 6.20 Å². The van der Waals surface area contributed by atoms with Crippen LogP contribution in [0.25, 0.3) is 11.1 Å². The molecule has 1 aromatic carbocycles. The molecule has 0 aliphatic heterocycles. The van der Waals surface area contributed by atoms with Crippen LogP contribution < -0.4 is 11.5 Å². The van der Waals surface area contributed by atoms with Crippen LogP contribution in [0, 0.1) is 0 Å². The molecule has 0 fully saturated rings. The molecule has 4 N–H and O–H groups in total. The fraction of sp³-hybridized carbons (Fsp3) is 0. The number of hydrogen-bond donors (Lipinski definition) is 2. The van der Waals surface area contributed by atoms with Crippen molar-refractivity contribution in [3.63, 3.8) is 0 Å². The number of benzene rings is 1. The molecule has 0 atom stereocenters. The first-order chi connectivity index (χ1) is 6.79. The molecule has 0 saturated heterocycles. The Morgan fingerprint density at radius 2 is 1.79 bits per heavy atom. The van der Waals surface area contributed by atoms with Crippen molar-refractivity contribution in [2.45, 2.75) is 0 Å². The standard InChI is InChI=1S/C10H10N4/c11-9-4-2-1-3-7(9)8-5-13-6-14-10(8)12/h1-6H,11H2,(H2,12,13,14). The summed E-state index contributed by atoms with van der Waals surface area (Å²) in [4.78, 5) is 7.82. The number of nitrogens with two attached hydrogens (primary N) is 2. The number of aromatic nitrogens is 2. The second-order valence-electron chi connectivity index (χ2n) is 2.91. The molecule has 0 radical (unpaired) electrons. The second kappa shape index (κ2) is 3.33. The third-order valence-corrected chi connectivity index (χ3v) is 1.99. The topological polar surface area (TPSA) is 77.8 Å². The van der Waals surface area contributed by atoms with Crippen LogP contribution in [0.4, 0.5) is 11.5 Å². The molecule has 0 unspecified atom stereocenters. The van der Waals surface area contributed by atoms with Crippen molar-refractivity contribution in [1.82, 2.24) is 9.97 Å². The summed E-state index contributed by atoms with van der Waals surface area (Å²) in [6.07, 6.45) is 3.08. The van der Waals surface area contributed by atoms with Gasteiger partial charge in [0.15, 0.2) is 0 Å². The summed E-state index contributed by atoms with van der Waals surface area (Å²) in [5, 5.41) is 0. The van der Waals surface area contributed by atoms with Crippen LogP contribution in [0.2, 0.25) is 0 Å². The molecule has 2 rings (SSSR count). The average Bonchev–Trinajstić information content (AvgIpc) is 2.20. The number of hydrogen-bond acceptors (Lipinski definition) is 4. The molecular weight excluding hydrogens is 176 g/mol. The third kappa shape index (κ3) is 1.37. The zero-order valence-corrected chi connectivity index (χ0v) is 7.51. The van der Waals surface area contributed by atoms with E-state index >= 15 is 0 Å². The largest absolute Gasteiger partial charge is 0.398 e. The minimum atomic E-state index is 0.443. The van der Waals surface area contributed by atoms with Crippen LogP contribution in [0.1, 0.15) is 0 Å².